The van der Waals surface area contributed by atoms with Gasteiger partial charge in [-0.2, -0.15) is 0 Å². The molecule has 1 heterocycles. The van der Waals surface area contributed by atoms with Gasteiger partial charge in [0.25, 0.3) is 11.5 Å². The van der Waals surface area contributed by atoms with E-state index in [-0.39, 0.29) is 16.8 Å². The van der Waals surface area contributed by atoms with Crippen molar-refractivity contribution in [2.45, 2.75) is 30.6 Å². The van der Waals surface area contributed by atoms with Crippen LogP contribution in [0.15, 0.2) is 36.4 Å². The smallest absolute Gasteiger partial charge is 0.280 e. The average Bonchev–Trinajstić information content (AvgIpc) is 3.26. The molecule has 1 fully saturated rings. The molecule has 2 aromatic carbocycles. The van der Waals surface area contributed by atoms with Crippen molar-refractivity contribution < 1.29 is 19.6 Å². The van der Waals surface area contributed by atoms with E-state index in [1.165, 1.54) is 18.2 Å². The fourth-order valence-corrected chi connectivity index (χ4v) is 4.36. The first-order valence-electron chi connectivity index (χ1n) is 8.46. The van der Waals surface area contributed by atoms with Crippen molar-refractivity contribution >= 4 is 11.5 Å². The third-order valence-electron chi connectivity index (χ3n) is 5.94. The van der Waals surface area contributed by atoms with Crippen LogP contribution in [0.1, 0.15) is 46.3 Å². The molecule has 3 N–H and O–H groups in total. The fourth-order valence-electron chi connectivity index (χ4n) is 4.36. The Labute approximate surface area is 148 Å². The van der Waals surface area contributed by atoms with Gasteiger partial charge < -0.3 is 15.6 Å². The van der Waals surface area contributed by atoms with E-state index in [1.807, 2.05) is 6.07 Å². The van der Waals surface area contributed by atoms with E-state index < -0.39 is 22.0 Å². The summed E-state index contributed by atoms with van der Waals surface area (Å²) in [6.45, 7) is 2.15. The molecule has 0 saturated heterocycles. The Balaban J connectivity index is 1.73. The van der Waals surface area contributed by atoms with Gasteiger partial charge in [0.15, 0.2) is 11.3 Å². The topological polar surface area (TPSA) is 116 Å². The highest BCUT2D eigenvalue weighted by Crippen LogP contribution is 2.59. The number of Topliss-reactive ketones (excluding diaryl/α,β-unsaturated/α-hetero) is 1. The number of benzene rings is 2. The SMILES string of the molecule is CC1CC1c1ccc2c(c1)OC1(O)c3c(cccc3[N+](=O)[O-])C(=O)C21N. The van der Waals surface area contributed by atoms with Crippen LogP contribution in [0, 0.1) is 16.0 Å². The molecule has 0 amide bonds. The molecule has 1 saturated carbocycles. The minimum absolute atomic E-state index is 0.0229. The Bertz CT molecular complexity index is 1020. The minimum Gasteiger partial charge on any atom is -0.455 e. The van der Waals surface area contributed by atoms with Crippen LogP contribution in [-0.2, 0) is 11.3 Å². The van der Waals surface area contributed by atoms with Crippen molar-refractivity contribution in [3.05, 3.63) is 68.8 Å². The molecular weight excluding hydrogens is 336 g/mol. The molecular formula is C19H16N2O5. The van der Waals surface area contributed by atoms with Gasteiger partial charge in [-0.25, -0.2) is 0 Å². The fraction of sp³-hybridized carbons (Fsp3) is 0.316. The van der Waals surface area contributed by atoms with Crippen LogP contribution < -0.4 is 10.5 Å². The maximum Gasteiger partial charge on any atom is 0.280 e. The van der Waals surface area contributed by atoms with E-state index >= 15 is 0 Å². The zero-order chi connectivity index (χ0) is 18.4. The van der Waals surface area contributed by atoms with Crippen LogP contribution in [0.4, 0.5) is 5.69 Å². The second kappa shape index (κ2) is 4.49. The number of nitrogens with two attached hydrogens (primary N) is 1. The normalized spacial score (nSPS) is 33.3. The van der Waals surface area contributed by atoms with Gasteiger partial charge >= 0.3 is 0 Å². The molecule has 132 valence electrons. The molecule has 2 aromatic rings. The second-order valence-electron chi connectivity index (χ2n) is 7.42. The largest absolute Gasteiger partial charge is 0.455 e. The first kappa shape index (κ1) is 15.5. The average molecular weight is 352 g/mol. The van der Waals surface area contributed by atoms with Crippen molar-refractivity contribution in [2.75, 3.05) is 0 Å². The molecule has 0 aromatic heterocycles. The summed E-state index contributed by atoms with van der Waals surface area (Å²) in [6.07, 6.45) is 1.07. The van der Waals surface area contributed by atoms with Crippen molar-refractivity contribution in [3.8, 4) is 5.75 Å². The van der Waals surface area contributed by atoms with Gasteiger partial charge in [0, 0.05) is 17.2 Å². The maximum absolute atomic E-state index is 13.0. The van der Waals surface area contributed by atoms with E-state index in [4.69, 9.17) is 10.5 Å². The lowest BCUT2D eigenvalue weighted by molar-refractivity contribution is -0.388. The molecule has 0 bridgehead atoms. The lowest BCUT2D eigenvalue weighted by atomic mass is 9.83. The van der Waals surface area contributed by atoms with E-state index in [0.717, 1.165) is 12.0 Å². The van der Waals surface area contributed by atoms with Crippen LogP contribution in [0.5, 0.6) is 5.75 Å². The van der Waals surface area contributed by atoms with Crippen LogP contribution in [0.3, 0.4) is 0 Å². The Kier molecular flexibility index (Phi) is 2.67. The first-order valence-corrected chi connectivity index (χ1v) is 8.46. The Hall–Kier alpha value is -2.77. The molecule has 7 heteroatoms. The van der Waals surface area contributed by atoms with Gasteiger partial charge in [0.05, 0.1) is 4.92 Å². The van der Waals surface area contributed by atoms with E-state index in [2.05, 4.69) is 6.92 Å². The number of fused-ring (bicyclic) bond motifs is 5. The number of rotatable bonds is 2. The summed E-state index contributed by atoms with van der Waals surface area (Å²) >= 11 is 0. The summed E-state index contributed by atoms with van der Waals surface area (Å²) in [5, 5.41) is 22.7. The number of carbonyl (C=O) groups excluding carboxylic acids is 1. The van der Waals surface area contributed by atoms with Crippen molar-refractivity contribution in [1.82, 2.24) is 0 Å². The number of nitro groups is 1. The monoisotopic (exact) mass is 352 g/mol. The van der Waals surface area contributed by atoms with Gasteiger partial charge in [-0.15, -0.1) is 0 Å². The lowest BCUT2D eigenvalue weighted by Crippen LogP contribution is -2.55. The number of ether oxygens (including phenoxy) is 1. The Morgan fingerprint density at radius 2 is 2.08 bits per heavy atom. The molecule has 5 rings (SSSR count). The van der Waals surface area contributed by atoms with Crippen LogP contribution in [0.2, 0.25) is 0 Å². The summed E-state index contributed by atoms with van der Waals surface area (Å²) in [4.78, 5) is 23.8. The quantitative estimate of drug-likeness (QED) is 0.633. The maximum atomic E-state index is 13.0. The predicted octanol–water partition coefficient (Wildman–Crippen LogP) is 2.31. The molecule has 0 spiro atoms. The van der Waals surface area contributed by atoms with Gasteiger partial charge in [-0.3, -0.25) is 14.9 Å². The third-order valence-corrected chi connectivity index (χ3v) is 5.94. The van der Waals surface area contributed by atoms with Crippen molar-refractivity contribution in [1.29, 1.82) is 0 Å². The number of nitrogens with zero attached hydrogens (tertiary/aromatic N) is 1. The summed E-state index contributed by atoms with van der Waals surface area (Å²) < 4.78 is 5.77. The van der Waals surface area contributed by atoms with Gasteiger partial charge in [-0.05, 0) is 29.9 Å². The minimum atomic E-state index is -2.29. The number of nitro benzene ring substituents is 1. The van der Waals surface area contributed by atoms with Gasteiger partial charge in [-0.1, -0.05) is 31.2 Å². The Morgan fingerprint density at radius 3 is 2.73 bits per heavy atom. The predicted molar refractivity (Wildman–Crippen MR) is 90.8 cm³/mol. The molecule has 4 atom stereocenters. The molecule has 7 nitrogen and oxygen atoms in total. The van der Waals surface area contributed by atoms with E-state index in [9.17, 15) is 20.0 Å². The number of hydrogen-bond donors (Lipinski definition) is 2. The van der Waals surface area contributed by atoms with E-state index in [0.29, 0.717) is 23.1 Å². The van der Waals surface area contributed by atoms with Crippen LogP contribution >= 0.6 is 0 Å². The van der Waals surface area contributed by atoms with Gasteiger partial charge in [0.2, 0.25) is 0 Å². The van der Waals surface area contributed by atoms with Gasteiger partial charge in [0.1, 0.15) is 11.3 Å². The Morgan fingerprint density at radius 1 is 1.35 bits per heavy atom. The highest BCUT2D eigenvalue weighted by atomic mass is 16.6. The summed E-state index contributed by atoms with van der Waals surface area (Å²) in [6, 6.07) is 9.44. The zero-order valence-electron chi connectivity index (χ0n) is 13.9. The number of hydrogen-bond acceptors (Lipinski definition) is 6. The summed E-state index contributed by atoms with van der Waals surface area (Å²) in [5.74, 6) is -1.56. The molecule has 0 radical (unpaired) electrons. The van der Waals surface area contributed by atoms with E-state index in [1.54, 1.807) is 12.1 Å². The highest BCUT2D eigenvalue weighted by Gasteiger charge is 2.71. The number of carbonyl (C=O) groups is 1. The molecule has 2 aliphatic carbocycles. The number of ketones is 1. The second-order valence-corrected chi connectivity index (χ2v) is 7.42. The van der Waals surface area contributed by atoms with Crippen molar-refractivity contribution in [2.24, 2.45) is 11.7 Å². The summed E-state index contributed by atoms with van der Waals surface area (Å²) in [7, 11) is 0. The zero-order valence-corrected chi connectivity index (χ0v) is 13.9. The van der Waals surface area contributed by atoms with Crippen molar-refractivity contribution in [3.63, 3.8) is 0 Å². The molecule has 3 aliphatic rings. The van der Waals surface area contributed by atoms with Crippen LogP contribution in [-0.4, -0.2) is 15.8 Å². The number of aliphatic hydroxyl groups is 1. The third kappa shape index (κ3) is 1.58. The first-order chi connectivity index (χ1) is 12.3. The molecule has 1 aliphatic heterocycles. The van der Waals surface area contributed by atoms with Crippen LogP contribution in [0.25, 0.3) is 0 Å². The lowest BCUT2D eigenvalue weighted by Gasteiger charge is -2.29. The summed E-state index contributed by atoms with van der Waals surface area (Å²) in [5.41, 5.74) is 5.38. The highest BCUT2D eigenvalue weighted by molar-refractivity contribution is 6.11. The standard InChI is InChI=1S/C19H16N2O5/c1-9-7-12(9)10-5-6-13-15(8-10)26-19(23)16-11(17(22)18(13,19)20)3-2-4-14(16)21(24)25/h2-6,8-9,12,23H,7,20H2,1H3. The molecule has 4 unspecified atom stereocenters. The molecule has 26 heavy (non-hydrogen) atoms.